The first-order chi connectivity index (χ1) is 9.05. The number of hydrogen-bond acceptors (Lipinski definition) is 4. The Balaban J connectivity index is 2.73. The first-order valence-corrected chi connectivity index (χ1v) is 8.99. The van der Waals surface area contributed by atoms with Crippen molar-refractivity contribution < 1.29 is 13.5 Å². The van der Waals surface area contributed by atoms with Crippen molar-refractivity contribution in [3.63, 3.8) is 0 Å². The Morgan fingerprint density at radius 2 is 2.00 bits per heavy atom. The van der Waals surface area contributed by atoms with E-state index in [2.05, 4.69) is 5.32 Å². The van der Waals surface area contributed by atoms with E-state index in [-0.39, 0.29) is 31.0 Å². The van der Waals surface area contributed by atoms with Crippen LogP contribution in [0.4, 0.5) is 0 Å². The Bertz CT molecular complexity index is 336. The first kappa shape index (κ1) is 16.9. The van der Waals surface area contributed by atoms with Gasteiger partial charge in [-0.3, -0.25) is 0 Å². The molecule has 0 spiro atoms. The predicted molar refractivity (Wildman–Crippen MR) is 77.6 cm³/mol. The van der Waals surface area contributed by atoms with Gasteiger partial charge >= 0.3 is 0 Å². The van der Waals surface area contributed by atoms with Crippen LogP contribution in [-0.4, -0.2) is 55.4 Å². The van der Waals surface area contributed by atoms with Crippen LogP contribution in [0.25, 0.3) is 0 Å². The van der Waals surface area contributed by atoms with Crippen LogP contribution in [0.15, 0.2) is 0 Å². The van der Waals surface area contributed by atoms with Crippen molar-refractivity contribution in [1.82, 2.24) is 9.62 Å². The van der Waals surface area contributed by atoms with Crippen LogP contribution in [0.5, 0.6) is 0 Å². The minimum atomic E-state index is -3.30. The van der Waals surface area contributed by atoms with Gasteiger partial charge < -0.3 is 10.4 Å². The fourth-order valence-corrected chi connectivity index (χ4v) is 4.86. The van der Waals surface area contributed by atoms with Crippen LogP contribution in [-0.2, 0) is 10.0 Å². The molecule has 1 aliphatic rings. The van der Waals surface area contributed by atoms with E-state index < -0.39 is 10.0 Å². The van der Waals surface area contributed by atoms with Gasteiger partial charge in [-0.25, -0.2) is 8.42 Å². The number of nitrogens with one attached hydrogen (secondary N) is 1. The summed E-state index contributed by atoms with van der Waals surface area (Å²) in [5.41, 5.74) is 0. The molecule has 0 bridgehead atoms. The van der Waals surface area contributed by atoms with Crippen molar-refractivity contribution in [1.29, 1.82) is 0 Å². The molecule has 19 heavy (non-hydrogen) atoms. The summed E-state index contributed by atoms with van der Waals surface area (Å²) in [6.45, 7) is 4.99. The predicted octanol–water partition coefficient (Wildman–Crippen LogP) is 0.941. The van der Waals surface area contributed by atoms with Crippen LogP contribution >= 0.6 is 0 Å². The molecule has 5 nitrogen and oxygen atoms in total. The van der Waals surface area contributed by atoms with Crippen molar-refractivity contribution in [3.05, 3.63) is 0 Å². The van der Waals surface area contributed by atoms with Crippen LogP contribution in [0.2, 0.25) is 0 Å². The molecule has 1 saturated heterocycles. The number of nitrogens with zero attached hydrogens (tertiary/aromatic N) is 1. The Morgan fingerprint density at radius 3 is 2.47 bits per heavy atom. The molecule has 1 atom stereocenters. The molecule has 0 aromatic heterocycles. The molecule has 1 aliphatic heterocycles. The molecule has 6 heteroatoms. The third kappa shape index (κ3) is 5.02. The van der Waals surface area contributed by atoms with E-state index in [9.17, 15) is 8.42 Å². The fourth-order valence-electron chi connectivity index (χ4n) is 2.76. The van der Waals surface area contributed by atoms with Gasteiger partial charge in [0.15, 0.2) is 0 Å². The zero-order valence-corrected chi connectivity index (χ0v) is 13.0. The largest absolute Gasteiger partial charge is 0.395 e. The number of sulfonamides is 1. The van der Waals surface area contributed by atoms with Crippen LogP contribution < -0.4 is 5.32 Å². The lowest BCUT2D eigenvalue weighted by atomic mass is 10.1. The molecule has 0 aliphatic carbocycles. The highest BCUT2D eigenvalue weighted by Gasteiger charge is 2.30. The molecular formula is C13H28N2O3S. The van der Waals surface area contributed by atoms with E-state index in [0.29, 0.717) is 0 Å². The maximum Gasteiger partial charge on any atom is 0.215 e. The number of hydrogen-bond donors (Lipinski definition) is 2. The third-order valence-corrected chi connectivity index (χ3v) is 5.87. The minimum Gasteiger partial charge on any atom is -0.395 e. The van der Waals surface area contributed by atoms with Gasteiger partial charge in [0.2, 0.25) is 10.0 Å². The Labute approximate surface area is 117 Å². The topological polar surface area (TPSA) is 69.6 Å². The van der Waals surface area contributed by atoms with Gasteiger partial charge in [-0.15, -0.1) is 0 Å². The molecule has 0 aromatic rings. The normalized spacial score (nSPS) is 21.2. The molecular weight excluding hydrogens is 264 g/mol. The zero-order chi connectivity index (χ0) is 14.3. The highest BCUT2D eigenvalue weighted by atomic mass is 32.2. The molecule has 114 valence electrons. The molecule has 2 N–H and O–H groups in total. The SMILES string of the molecule is CCC(CC)N(CCO)S(=O)(=O)CC1CCCCN1. The molecule has 0 saturated carbocycles. The summed E-state index contributed by atoms with van der Waals surface area (Å²) in [6.07, 6.45) is 4.72. The number of aliphatic hydroxyl groups is 1. The lowest BCUT2D eigenvalue weighted by Crippen LogP contribution is -2.48. The second-order valence-electron chi connectivity index (χ2n) is 5.23. The van der Waals surface area contributed by atoms with Gasteiger partial charge in [0.25, 0.3) is 0 Å². The number of aliphatic hydroxyl groups excluding tert-OH is 1. The van der Waals surface area contributed by atoms with Crippen molar-refractivity contribution in [2.24, 2.45) is 0 Å². The quantitative estimate of drug-likeness (QED) is 0.698. The summed E-state index contributed by atoms with van der Waals surface area (Å²) in [7, 11) is -3.30. The van der Waals surface area contributed by atoms with Crippen LogP contribution in [0.1, 0.15) is 46.0 Å². The minimum absolute atomic E-state index is 0.000686. The van der Waals surface area contributed by atoms with Crippen molar-refractivity contribution in [3.8, 4) is 0 Å². The Hall–Kier alpha value is -0.170. The van der Waals surface area contributed by atoms with E-state index in [4.69, 9.17) is 5.11 Å². The van der Waals surface area contributed by atoms with Gasteiger partial charge in [-0.05, 0) is 32.2 Å². The van der Waals surface area contributed by atoms with Crippen LogP contribution in [0, 0.1) is 0 Å². The van der Waals surface area contributed by atoms with Gasteiger partial charge in [0.05, 0.1) is 12.4 Å². The van der Waals surface area contributed by atoms with Crippen LogP contribution in [0.3, 0.4) is 0 Å². The number of piperidine rings is 1. The highest BCUT2D eigenvalue weighted by molar-refractivity contribution is 7.89. The maximum absolute atomic E-state index is 12.5. The van der Waals surface area contributed by atoms with E-state index in [1.807, 2.05) is 13.8 Å². The van der Waals surface area contributed by atoms with Crippen molar-refractivity contribution >= 4 is 10.0 Å². The van der Waals surface area contributed by atoms with Gasteiger partial charge in [0.1, 0.15) is 0 Å². The van der Waals surface area contributed by atoms with Crippen molar-refractivity contribution in [2.75, 3.05) is 25.4 Å². The van der Waals surface area contributed by atoms with E-state index in [0.717, 1.165) is 38.6 Å². The molecule has 0 aromatic carbocycles. The maximum atomic E-state index is 12.5. The average molecular weight is 292 g/mol. The first-order valence-electron chi connectivity index (χ1n) is 7.38. The van der Waals surface area contributed by atoms with Gasteiger partial charge in [-0.2, -0.15) is 4.31 Å². The van der Waals surface area contributed by atoms with Gasteiger partial charge in [-0.1, -0.05) is 20.3 Å². The van der Waals surface area contributed by atoms with E-state index >= 15 is 0 Å². The smallest absolute Gasteiger partial charge is 0.215 e. The molecule has 1 rings (SSSR count). The fraction of sp³-hybridized carbons (Fsp3) is 1.00. The summed E-state index contributed by atoms with van der Waals surface area (Å²) < 4.78 is 26.5. The second-order valence-corrected chi connectivity index (χ2v) is 7.20. The molecule has 0 amide bonds. The second kappa shape index (κ2) is 8.19. The molecule has 1 fully saturated rings. The summed E-state index contributed by atoms with van der Waals surface area (Å²) >= 11 is 0. The summed E-state index contributed by atoms with van der Waals surface area (Å²) in [5, 5.41) is 12.4. The summed E-state index contributed by atoms with van der Waals surface area (Å²) in [6, 6.07) is 0.0649. The third-order valence-electron chi connectivity index (χ3n) is 3.85. The van der Waals surface area contributed by atoms with Crippen molar-refractivity contribution in [2.45, 2.75) is 58.0 Å². The molecule has 1 unspecified atom stereocenters. The molecule has 0 radical (unpaired) electrons. The lowest BCUT2D eigenvalue weighted by molar-refractivity contribution is 0.219. The standard InChI is InChI=1S/C13H28N2O3S/c1-3-13(4-2)15(9-10-16)19(17,18)11-12-7-5-6-8-14-12/h12-14,16H,3-11H2,1-2H3. The molecule has 1 heterocycles. The Kier molecular flexibility index (Phi) is 7.28. The summed E-state index contributed by atoms with van der Waals surface area (Å²) in [5.74, 6) is 0.156. The monoisotopic (exact) mass is 292 g/mol. The Morgan fingerprint density at radius 1 is 1.32 bits per heavy atom. The average Bonchev–Trinajstić information content (AvgIpc) is 2.39. The lowest BCUT2D eigenvalue weighted by Gasteiger charge is -2.32. The highest BCUT2D eigenvalue weighted by Crippen LogP contribution is 2.17. The van der Waals surface area contributed by atoms with Gasteiger partial charge in [0, 0.05) is 18.6 Å². The van der Waals surface area contributed by atoms with E-state index in [1.54, 1.807) is 0 Å². The summed E-state index contributed by atoms with van der Waals surface area (Å²) in [4.78, 5) is 0. The van der Waals surface area contributed by atoms with E-state index in [1.165, 1.54) is 4.31 Å². The zero-order valence-electron chi connectivity index (χ0n) is 12.1. The number of rotatable bonds is 8.